The molecule has 0 aromatic carbocycles. The predicted molar refractivity (Wildman–Crippen MR) is 78.2 cm³/mol. The van der Waals surface area contributed by atoms with E-state index in [4.69, 9.17) is 5.73 Å². The maximum absolute atomic E-state index is 11.9. The molecular weight excluding hydrogens is 266 g/mol. The van der Waals surface area contributed by atoms with E-state index in [1.165, 1.54) is 19.3 Å². The third-order valence-electron chi connectivity index (χ3n) is 3.46. The predicted octanol–water partition coefficient (Wildman–Crippen LogP) is 1.05. The van der Waals surface area contributed by atoms with Crippen molar-refractivity contribution in [2.75, 3.05) is 13.6 Å². The van der Waals surface area contributed by atoms with E-state index in [1.54, 1.807) is 11.8 Å². The van der Waals surface area contributed by atoms with Crippen LogP contribution in [0, 0.1) is 0 Å². The second-order valence-corrected chi connectivity index (χ2v) is 5.25. The van der Waals surface area contributed by atoms with Crippen LogP contribution >= 0.6 is 12.4 Å². The van der Waals surface area contributed by atoms with Crippen LogP contribution in [0.2, 0.25) is 0 Å². The quantitative estimate of drug-likeness (QED) is 0.795. The van der Waals surface area contributed by atoms with Gasteiger partial charge in [-0.2, -0.15) is 0 Å². The van der Waals surface area contributed by atoms with Crippen LogP contribution < -0.4 is 11.1 Å². The summed E-state index contributed by atoms with van der Waals surface area (Å²) in [5.41, 5.74) is 5.52. The molecule has 1 fully saturated rings. The second-order valence-electron chi connectivity index (χ2n) is 5.25. The van der Waals surface area contributed by atoms with Crippen LogP contribution in [0.25, 0.3) is 0 Å². The summed E-state index contributed by atoms with van der Waals surface area (Å²) >= 11 is 0. The van der Waals surface area contributed by atoms with E-state index in [0.29, 0.717) is 6.04 Å². The highest BCUT2D eigenvalue weighted by Gasteiger charge is 2.22. The topological polar surface area (TPSA) is 75.4 Å². The lowest BCUT2D eigenvalue weighted by atomic mass is 9.94. The number of nitrogens with one attached hydrogen (secondary N) is 1. The first kappa shape index (κ1) is 18.2. The Balaban J connectivity index is 0.00000324. The lowest BCUT2D eigenvalue weighted by Gasteiger charge is -2.31. The molecule has 0 spiro atoms. The van der Waals surface area contributed by atoms with Gasteiger partial charge in [0.1, 0.15) is 0 Å². The van der Waals surface area contributed by atoms with Crippen LogP contribution in [0.15, 0.2) is 0 Å². The van der Waals surface area contributed by atoms with E-state index >= 15 is 0 Å². The Morgan fingerprint density at radius 3 is 2.42 bits per heavy atom. The van der Waals surface area contributed by atoms with Crippen LogP contribution in [-0.4, -0.2) is 42.4 Å². The number of likely N-dealkylation sites (N-methyl/N-ethyl adjacent to an activating group) is 1. The van der Waals surface area contributed by atoms with Gasteiger partial charge in [0.05, 0.1) is 6.54 Å². The molecule has 0 bridgehead atoms. The molecule has 1 unspecified atom stereocenters. The molecule has 0 aliphatic heterocycles. The number of carbonyl (C=O) groups excluding carboxylic acids is 2. The zero-order valence-electron chi connectivity index (χ0n) is 11.9. The van der Waals surface area contributed by atoms with Crippen molar-refractivity contribution in [1.29, 1.82) is 0 Å². The van der Waals surface area contributed by atoms with Gasteiger partial charge in [0.25, 0.3) is 0 Å². The number of hydrogen-bond donors (Lipinski definition) is 2. The van der Waals surface area contributed by atoms with Gasteiger partial charge in [0.15, 0.2) is 0 Å². The fourth-order valence-electron chi connectivity index (χ4n) is 2.34. The molecule has 1 atom stereocenters. The summed E-state index contributed by atoms with van der Waals surface area (Å²) in [5.74, 6) is -0.171. The molecular formula is C13H26ClN3O2. The van der Waals surface area contributed by atoms with Crippen molar-refractivity contribution < 1.29 is 9.59 Å². The first-order chi connectivity index (χ1) is 8.50. The van der Waals surface area contributed by atoms with Crippen LogP contribution in [0.1, 0.15) is 45.4 Å². The van der Waals surface area contributed by atoms with E-state index in [9.17, 15) is 9.59 Å². The summed E-state index contributed by atoms with van der Waals surface area (Å²) in [6.07, 6.45) is 6.08. The molecule has 0 heterocycles. The molecule has 0 aromatic rings. The number of nitrogens with zero attached hydrogens (tertiary/aromatic N) is 1. The minimum Gasteiger partial charge on any atom is -0.347 e. The van der Waals surface area contributed by atoms with Gasteiger partial charge in [-0.15, -0.1) is 12.4 Å². The maximum atomic E-state index is 11.9. The molecule has 2 amide bonds. The van der Waals surface area contributed by atoms with E-state index in [1.807, 2.05) is 7.05 Å². The number of hydrogen-bond acceptors (Lipinski definition) is 3. The van der Waals surface area contributed by atoms with Crippen molar-refractivity contribution in [1.82, 2.24) is 10.2 Å². The highest BCUT2D eigenvalue weighted by molar-refractivity contribution is 5.85. The lowest BCUT2D eigenvalue weighted by Crippen LogP contribution is -2.44. The molecule has 0 radical (unpaired) electrons. The molecule has 5 nitrogen and oxygen atoms in total. The van der Waals surface area contributed by atoms with E-state index in [2.05, 4.69) is 5.32 Å². The van der Waals surface area contributed by atoms with E-state index in [0.717, 1.165) is 12.8 Å². The molecule has 1 saturated carbocycles. The van der Waals surface area contributed by atoms with Crippen molar-refractivity contribution in [2.45, 2.75) is 57.5 Å². The summed E-state index contributed by atoms with van der Waals surface area (Å²) in [7, 11) is 1.83. The van der Waals surface area contributed by atoms with Gasteiger partial charge < -0.3 is 16.0 Å². The molecule has 6 heteroatoms. The minimum atomic E-state index is -0.170. The van der Waals surface area contributed by atoms with Gasteiger partial charge >= 0.3 is 0 Å². The van der Waals surface area contributed by atoms with Gasteiger partial charge in [-0.1, -0.05) is 19.3 Å². The van der Waals surface area contributed by atoms with E-state index in [-0.39, 0.29) is 43.2 Å². The monoisotopic (exact) mass is 291 g/mol. The highest BCUT2D eigenvalue weighted by Crippen LogP contribution is 2.21. The summed E-state index contributed by atoms with van der Waals surface area (Å²) < 4.78 is 0. The Morgan fingerprint density at radius 2 is 1.89 bits per heavy atom. The van der Waals surface area contributed by atoms with Gasteiger partial charge in [-0.25, -0.2) is 0 Å². The number of amides is 2. The minimum absolute atomic E-state index is 0. The maximum Gasteiger partial charge on any atom is 0.241 e. The van der Waals surface area contributed by atoms with Crippen molar-refractivity contribution >= 4 is 24.2 Å². The Kier molecular flexibility index (Phi) is 8.76. The van der Waals surface area contributed by atoms with Crippen LogP contribution in [0.4, 0.5) is 0 Å². The molecule has 1 rings (SSSR count). The molecule has 19 heavy (non-hydrogen) atoms. The Bertz CT molecular complexity index is 292. The van der Waals surface area contributed by atoms with Gasteiger partial charge in [-0.3, -0.25) is 9.59 Å². The van der Waals surface area contributed by atoms with Gasteiger partial charge in [-0.05, 0) is 19.8 Å². The zero-order valence-corrected chi connectivity index (χ0v) is 12.7. The Hall–Kier alpha value is -0.810. The fourth-order valence-corrected chi connectivity index (χ4v) is 2.34. The molecule has 1 aliphatic rings. The summed E-state index contributed by atoms with van der Waals surface area (Å²) in [6.45, 7) is 1.86. The summed E-state index contributed by atoms with van der Waals surface area (Å²) in [4.78, 5) is 25.1. The Morgan fingerprint density at radius 1 is 1.32 bits per heavy atom. The largest absolute Gasteiger partial charge is 0.347 e. The second kappa shape index (κ2) is 9.15. The highest BCUT2D eigenvalue weighted by atomic mass is 35.5. The first-order valence-electron chi connectivity index (χ1n) is 6.78. The van der Waals surface area contributed by atoms with Crippen LogP contribution in [0.5, 0.6) is 0 Å². The first-order valence-corrected chi connectivity index (χ1v) is 6.78. The van der Waals surface area contributed by atoms with Crippen molar-refractivity contribution in [3.8, 4) is 0 Å². The fraction of sp³-hybridized carbons (Fsp3) is 0.846. The van der Waals surface area contributed by atoms with Gasteiger partial charge in [0, 0.05) is 25.6 Å². The third kappa shape index (κ3) is 6.78. The normalized spacial score (nSPS) is 17.2. The summed E-state index contributed by atoms with van der Waals surface area (Å²) in [5, 5.41) is 2.62. The standard InChI is InChI=1S/C13H25N3O2.ClH/c1-10(14)8-12(17)15-9-13(18)16(2)11-6-4-3-5-7-11;/h10-11H,3-9,14H2,1-2H3,(H,15,17);1H. The van der Waals surface area contributed by atoms with Crippen molar-refractivity contribution in [3.63, 3.8) is 0 Å². The third-order valence-corrected chi connectivity index (χ3v) is 3.46. The summed E-state index contributed by atoms with van der Waals surface area (Å²) in [6, 6.07) is 0.174. The molecule has 0 aromatic heterocycles. The molecule has 3 N–H and O–H groups in total. The van der Waals surface area contributed by atoms with Crippen LogP contribution in [0.3, 0.4) is 0 Å². The number of carbonyl (C=O) groups is 2. The number of nitrogens with two attached hydrogens (primary N) is 1. The van der Waals surface area contributed by atoms with Crippen LogP contribution in [-0.2, 0) is 9.59 Å². The zero-order chi connectivity index (χ0) is 13.5. The van der Waals surface area contributed by atoms with E-state index < -0.39 is 0 Å². The van der Waals surface area contributed by atoms with Gasteiger partial charge in [0.2, 0.25) is 11.8 Å². The molecule has 1 aliphatic carbocycles. The number of rotatable bonds is 5. The molecule has 0 saturated heterocycles. The average Bonchev–Trinajstić information content (AvgIpc) is 2.35. The molecule has 112 valence electrons. The number of halogens is 1. The Labute approximate surface area is 121 Å². The lowest BCUT2D eigenvalue weighted by molar-refractivity contribution is -0.134. The van der Waals surface area contributed by atoms with Crippen molar-refractivity contribution in [2.24, 2.45) is 5.73 Å². The smallest absolute Gasteiger partial charge is 0.241 e. The van der Waals surface area contributed by atoms with Crippen molar-refractivity contribution in [3.05, 3.63) is 0 Å². The average molecular weight is 292 g/mol. The SMILES string of the molecule is CC(N)CC(=O)NCC(=O)N(C)C1CCCCC1.Cl.